The number of aromatic nitrogens is 1. The van der Waals surface area contributed by atoms with Gasteiger partial charge in [0, 0.05) is 28.6 Å². The van der Waals surface area contributed by atoms with Crippen molar-refractivity contribution in [3.8, 4) is 0 Å². The molecule has 0 saturated heterocycles. The van der Waals surface area contributed by atoms with E-state index in [0.29, 0.717) is 23.8 Å². The van der Waals surface area contributed by atoms with Crippen LogP contribution in [0.1, 0.15) is 48.2 Å². The van der Waals surface area contributed by atoms with Gasteiger partial charge in [0.25, 0.3) is 0 Å². The molecule has 2 saturated carbocycles. The molecule has 0 unspecified atom stereocenters. The van der Waals surface area contributed by atoms with Crippen LogP contribution in [0.15, 0.2) is 24.3 Å². The smallest absolute Gasteiger partial charge is 0.306 e. The molecule has 1 aromatic carbocycles. The van der Waals surface area contributed by atoms with Crippen molar-refractivity contribution < 1.29 is 14.3 Å². The molecule has 4 heteroatoms. The number of nitrogens with one attached hydrogen (secondary N) is 1. The molecule has 3 atom stereocenters. The Morgan fingerprint density at radius 1 is 1.21 bits per heavy atom. The number of carbonyl (C=O) groups excluding carboxylic acids is 2. The molecule has 126 valence electrons. The van der Waals surface area contributed by atoms with Gasteiger partial charge < -0.3 is 9.72 Å². The van der Waals surface area contributed by atoms with Crippen LogP contribution in [0.2, 0.25) is 0 Å². The van der Waals surface area contributed by atoms with Crippen molar-refractivity contribution in [1.29, 1.82) is 0 Å². The van der Waals surface area contributed by atoms with Crippen molar-refractivity contribution >= 4 is 22.7 Å². The number of Topliss-reactive ketones (excluding diaryl/α,β-unsaturated/α-hetero) is 1. The molecule has 2 fully saturated rings. The minimum absolute atomic E-state index is 0.133. The lowest BCUT2D eigenvalue weighted by atomic mass is 9.86. The molecule has 4 nitrogen and oxygen atoms in total. The summed E-state index contributed by atoms with van der Waals surface area (Å²) in [5.74, 6) is 1.64. The van der Waals surface area contributed by atoms with Crippen LogP contribution in [-0.2, 0) is 9.53 Å². The monoisotopic (exact) mass is 325 g/mol. The first kappa shape index (κ1) is 15.4. The number of esters is 1. The molecule has 2 aromatic rings. The summed E-state index contributed by atoms with van der Waals surface area (Å²) in [6, 6.07) is 7.71. The number of rotatable bonds is 5. The van der Waals surface area contributed by atoms with Crippen molar-refractivity contribution in [2.24, 2.45) is 17.8 Å². The predicted octanol–water partition coefficient (Wildman–Crippen LogP) is 4.03. The molecule has 0 aliphatic heterocycles. The topological polar surface area (TPSA) is 59.2 Å². The SMILES string of the molecule is Cc1[nH]c2ccccc2c1C(=O)COC(=O)C[C@H]1C[C@H]2CC[C@@H]1C2. The second-order valence-electron chi connectivity index (χ2n) is 7.39. The normalized spacial score (nSPS) is 25.3. The van der Waals surface area contributed by atoms with E-state index in [1.807, 2.05) is 31.2 Å². The number of hydrogen-bond acceptors (Lipinski definition) is 3. The summed E-state index contributed by atoms with van der Waals surface area (Å²) < 4.78 is 5.30. The highest BCUT2D eigenvalue weighted by Crippen LogP contribution is 2.49. The lowest BCUT2D eigenvalue weighted by Gasteiger charge is -2.20. The number of aryl methyl sites for hydroxylation is 1. The fraction of sp³-hybridized carbons (Fsp3) is 0.500. The maximum Gasteiger partial charge on any atom is 0.306 e. The molecule has 2 aliphatic rings. The van der Waals surface area contributed by atoms with Crippen LogP contribution in [0.25, 0.3) is 10.9 Å². The van der Waals surface area contributed by atoms with Crippen molar-refractivity contribution in [2.75, 3.05) is 6.61 Å². The summed E-state index contributed by atoms with van der Waals surface area (Å²) >= 11 is 0. The minimum Gasteiger partial charge on any atom is -0.457 e. The van der Waals surface area contributed by atoms with Crippen LogP contribution in [0.5, 0.6) is 0 Å². The van der Waals surface area contributed by atoms with E-state index in [0.717, 1.165) is 28.9 Å². The average molecular weight is 325 g/mol. The number of H-pyrrole nitrogens is 1. The molecule has 0 spiro atoms. The van der Waals surface area contributed by atoms with Crippen molar-refractivity contribution in [3.05, 3.63) is 35.5 Å². The fourth-order valence-electron chi connectivity index (χ4n) is 4.75. The quantitative estimate of drug-likeness (QED) is 0.667. The van der Waals surface area contributed by atoms with Gasteiger partial charge in [-0.05, 0) is 50.0 Å². The van der Waals surface area contributed by atoms with Crippen molar-refractivity contribution in [1.82, 2.24) is 4.98 Å². The summed E-state index contributed by atoms with van der Waals surface area (Å²) in [5, 5.41) is 0.893. The Kier molecular flexibility index (Phi) is 3.91. The first-order valence-electron chi connectivity index (χ1n) is 8.88. The van der Waals surface area contributed by atoms with Crippen LogP contribution in [-0.4, -0.2) is 23.3 Å². The molecule has 0 radical (unpaired) electrons. The molecule has 1 N–H and O–H groups in total. The summed E-state index contributed by atoms with van der Waals surface area (Å²) in [4.78, 5) is 27.8. The van der Waals surface area contributed by atoms with Gasteiger partial charge in [0.2, 0.25) is 5.78 Å². The number of ether oxygens (including phenoxy) is 1. The van der Waals surface area contributed by atoms with Gasteiger partial charge in [0.05, 0.1) is 0 Å². The van der Waals surface area contributed by atoms with E-state index < -0.39 is 0 Å². The molecule has 1 aromatic heterocycles. The van der Waals surface area contributed by atoms with Gasteiger partial charge in [-0.15, -0.1) is 0 Å². The molecular weight excluding hydrogens is 302 g/mol. The first-order valence-corrected chi connectivity index (χ1v) is 8.88. The van der Waals surface area contributed by atoms with E-state index in [4.69, 9.17) is 4.74 Å². The van der Waals surface area contributed by atoms with Crippen LogP contribution in [0, 0.1) is 24.7 Å². The summed E-state index contributed by atoms with van der Waals surface area (Å²) in [6.45, 7) is 1.71. The third-order valence-corrected chi connectivity index (χ3v) is 5.85. The van der Waals surface area contributed by atoms with Gasteiger partial charge >= 0.3 is 5.97 Å². The molecule has 24 heavy (non-hydrogen) atoms. The Hall–Kier alpha value is -2.10. The maximum atomic E-state index is 12.5. The van der Waals surface area contributed by atoms with Crippen LogP contribution in [0.4, 0.5) is 0 Å². The second kappa shape index (κ2) is 6.08. The predicted molar refractivity (Wildman–Crippen MR) is 91.9 cm³/mol. The first-order chi connectivity index (χ1) is 11.6. The average Bonchev–Trinajstić information content (AvgIpc) is 3.25. The summed E-state index contributed by atoms with van der Waals surface area (Å²) in [6.07, 6.45) is 5.51. The summed E-state index contributed by atoms with van der Waals surface area (Å²) in [7, 11) is 0. The number of carbonyl (C=O) groups is 2. The zero-order valence-electron chi connectivity index (χ0n) is 14.0. The van der Waals surface area contributed by atoms with Crippen LogP contribution < -0.4 is 0 Å². The Labute approximate surface area is 141 Å². The van der Waals surface area contributed by atoms with Crippen LogP contribution in [0.3, 0.4) is 0 Å². The van der Waals surface area contributed by atoms with Gasteiger partial charge in [0.1, 0.15) is 0 Å². The molecule has 2 bridgehead atoms. The van der Waals surface area contributed by atoms with E-state index in [2.05, 4.69) is 4.98 Å². The second-order valence-corrected chi connectivity index (χ2v) is 7.39. The number of ketones is 1. The zero-order chi connectivity index (χ0) is 16.7. The third-order valence-electron chi connectivity index (χ3n) is 5.85. The zero-order valence-corrected chi connectivity index (χ0v) is 14.0. The lowest BCUT2D eigenvalue weighted by molar-refractivity contribution is -0.144. The molecule has 4 rings (SSSR count). The number of hydrogen-bond donors (Lipinski definition) is 1. The van der Waals surface area contributed by atoms with E-state index in [1.165, 1.54) is 19.3 Å². The third kappa shape index (κ3) is 2.74. The summed E-state index contributed by atoms with van der Waals surface area (Å²) in [5.41, 5.74) is 2.40. The lowest BCUT2D eigenvalue weighted by Crippen LogP contribution is -2.20. The number of aromatic amines is 1. The Morgan fingerprint density at radius 2 is 2.04 bits per heavy atom. The standard InChI is InChI=1S/C20H23NO3/c1-12-20(16-4-2-3-5-17(16)21-12)18(22)11-24-19(23)10-15-9-13-6-7-14(15)8-13/h2-5,13-15,21H,6-11H2,1H3/t13-,14+,15+/m0/s1. The Morgan fingerprint density at radius 3 is 2.79 bits per heavy atom. The minimum atomic E-state index is -0.224. The van der Waals surface area contributed by atoms with E-state index in [9.17, 15) is 9.59 Å². The maximum absolute atomic E-state index is 12.5. The van der Waals surface area contributed by atoms with Gasteiger partial charge in [-0.2, -0.15) is 0 Å². The van der Waals surface area contributed by atoms with Gasteiger partial charge in [-0.1, -0.05) is 24.6 Å². The largest absolute Gasteiger partial charge is 0.457 e. The van der Waals surface area contributed by atoms with E-state index in [1.54, 1.807) is 0 Å². The van der Waals surface area contributed by atoms with Crippen molar-refractivity contribution in [2.45, 2.75) is 39.0 Å². The molecule has 1 heterocycles. The molecule has 0 amide bonds. The van der Waals surface area contributed by atoms with Gasteiger partial charge in [-0.3, -0.25) is 9.59 Å². The van der Waals surface area contributed by atoms with Crippen LogP contribution >= 0.6 is 0 Å². The van der Waals surface area contributed by atoms with Crippen molar-refractivity contribution in [3.63, 3.8) is 0 Å². The van der Waals surface area contributed by atoms with Gasteiger partial charge in [-0.25, -0.2) is 0 Å². The Bertz CT molecular complexity index is 791. The number of fused-ring (bicyclic) bond motifs is 3. The molecule has 2 aliphatic carbocycles. The Balaban J connectivity index is 1.37. The highest BCUT2D eigenvalue weighted by Gasteiger charge is 2.40. The van der Waals surface area contributed by atoms with E-state index in [-0.39, 0.29) is 18.4 Å². The fourth-order valence-corrected chi connectivity index (χ4v) is 4.75. The van der Waals surface area contributed by atoms with E-state index >= 15 is 0 Å². The molecular formula is C20H23NO3. The number of para-hydroxylation sites is 1. The highest BCUT2D eigenvalue weighted by molar-refractivity contribution is 6.10. The number of benzene rings is 1. The van der Waals surface area contributed by atoms with Gasteiger partial charge in [0.15, 0.2) is 6.61 Å². The highest BCUT2D eigenvalue weighted by atomic mass is 16.5.